The van der Waals surface area contributed by atoms with Gasteiger partial charge < -0.3 is 20.1 Å². The first-order valence-corrected chi connectivity index (χ1v) is 14.2. The predicted octanol–water partition coefficient (Wildman–Crippen LogP) is 5.08. The normalized spacial score (nSPS) is 15.8. The molecule has 212 valence electrons. The van der Waals surface area contributed by atoms with E-state index in [2.05, 4.69) is 29.1 Å². The molecule has 1 aliphatic heterocycles. The molecule has 1 fully saturated rings. The number of nitrogens with one attached hydrogen (secondary N) is 1. The van der Waals surface area contributed by atoms with Crippen LogP contribution in [-0.2, 0) is 16.0 Å². The lowest BCUT2D eigenvalue weighted by molar-refractivity contribution is -0.141. The molecule has 2 aromatic carbocycles. The number of hydrogen-bond donors (Lipinski definition) is 2. The molecule has 0 unspecified atom stereocenters. The summed E-state index contributed by atoms with van der Waals surface area (Å²) in [6, 6.07) is 15.5. The molecule has 0 bridgehead atoms. The van der Waals surface area contributed by atoms with E-state index < -0.39 is 17.9 Å². The number of carboxylic acids is 1. The molecule has 40 heavy (non-hydrogen) atoms. The Balaban J connectivity index is 1.31. The Morgan fingerprint density at radius 1 is 1.00 bits per heavy atom. The smallest absolute Gasteiger partial charge is 0.308 e. The number of hydrogen-bond acceptors (Lipinski definition) is 6. The summed E-state index contributed by atoms with van der Waals surface area (Å²) in [5, 5.41) is 12.3. The summed E-state index contributed by atoms with van der Waals surface area (Å²) < 4.78 is 5.87. The Kier molecular flexibility index (Phi) is 10.2. The van der Waals surface area contributed by atoms with E-state index in [4.69, 9.17) is 4.74 Å². The number of rotatable bonds is 13. The van der Waals surface area contributed by atoms with E-state index in [0.29, 0.717) is 25.2 Å². The lowest BCUT2D eigenvalue weighted by atomic mass is 10.0. The van der Waals surface area contributed by atoms with E-state index in [0.717, 1.165) is 46.9 Å². The minimum Gasteiger partial charge on any atom is -0.494 e. The van der Waals surface area contributed by atoms with Gasteiger partial charge in [-0.2, -0.15) is 0 Å². The average molecular weight is 545 g/mol. The third-order valence-corrected chi connectivity index (χ3v) is 7.43. The highest BCUT2D eigenvalue weighted by atomic mass is 16.5. The molecule has 2 heterocycles. The van der Waals surface area contributed by atoms with Gasteiger partial charge in [0, 0.05) is 36.6 Å². The van der Waals surface area contributed by atoms with E-state index in [-0.39, 0.29) is 12.5 Å². The van der Waals surface area contributed by atoms with E-state index in [1.165, 1.54) is 12.8 Å². The molecule has 0 saturated carbocycles. The largest absolute Gasteiger partial charge is 0.494 e. The number of unbranched alkanes of at least 4 members (excludes halogenated alkanes) is 1. The van der Waals surface area contributed by atoms with Gasteiger partial charge in [0.2, 0.25) is 5.91 Å². The number of carboxylic acid groups (broad SMARTS) is 1. The van der Waals surface area contributed by atoms with Gasteiger partial charge in [-0.3, -0.25) is 9.59 Å². The van der Waals surface area contributed by atoms with Crippen molar-refractivity contribution in [2.75, 3.05) is 26.7 Å². The van der Waals surface area contributed by atoms with Crippen molar-refractivity contribution in [1.82, 2.24) is 20.2 Å². The van der Waals surface area contributed by atoms with E-state index in [1.807, 2.05) is 60.9 Å². The molecule has 1 amide bonds. The number of benzene rings is 2. The maximum Gasteiger partial charge on any atom is 0.308 e. The summed E-state index contributed by atoms with van der Waals surface area (Å²) in [6.07, 6.45) is 8.16. The van der Waals surface area contributed by atoms with Crippen LogP contribution in [0.2, 0.25) is 0 Å². The van der Waals surface area contributed by atoms with Crippen molar-refractivity contribution >= 4 is 11.9 Å². The van der Waals surface area contributed by atoms with E-state index in [9.17, 15) is 14.7 Å². The maximum absolute atomic E-state index is 12.9. The Bertz CT molecular complexity index is 1240. The Morgan fingerprint density at radius 2 is 1.68 bits per heavy atom. The van der Waals surface area contributed by atoms with Crippen LogP contribution in [0.25, 0.3) is 22.5 Å². The molecule has 2 N–H and O–H groups in total. The van der Waals surface area contributed by atoms with Crippen molar-refractivity contribution in [2.45, 2.75) is 52.0 Å². The van der Waals surface area contributed by atoms with Crippen molar-refractivity contribution in [2.24, 2.45) is 11.8 Å². The summed E-state index contributed by atoms with van der Waals surface area (Å²) in [5.74, 6) is 0.865. The van der Waals surface area contributed by atoms with Crippen LogP contribution >= 0.6 is 0 Å². The van der Waals surface area contributed by atoms with Crippen LogP contribution in [0, 0.1) is 11.8 Å². The quantitative estimate of drug-likeness (QED) is 0.289. The lowest BCUT2D eigenvalue weighted by Gasteiger charge is -2.23. The molecule has 4 rings (SSSR count). The minimum absolute atomic E-state index is 0.0597. The minimum atomic E-state index is -0.840. The molecule has 2 atom stereocenters. The molecular formula is C32H40N4O4. The summed E-state index contributed by atoms with van der Waals surface area (Å²) in [5.41, 5.74) is 3.87. The fraction of sp³-hybridized carbons (Fsp3) is 0.438. The average Bonchev–Trinajstić information content (AvgIpc) is 3.47. The van der Waals surface area contributed by atoms with Gasteiger partial charge in [0.1, 0.15) is 5.75 Å². The molecule has 1 aromatic heterocycles. The molecule has 8 nitrogen and oxygen atoms in total. The highest BCUT2D eigenvalue weighted by molar-refractivity contribution is 5.83. The topological polar surface area (TPSA) is 105 Å². The highest BCUT2D eigenvalue weighted by Crippen LogP contribution is 2.24. The van der Waals surface area contributed by atoms with Crippen LogP contribution < -0.4 is 10.1 Å². The highest BCUT2D eigenvalue weighted by Gasteiger charge is 2.33. The molecule has 0 spiro atoms. The lowest BCUT2D eigenvalue weighted by Crippen LogP contribution is -2.45. The number of aliphatic carboxylic acids is 1. The van der Waals surface area contributed by atoms with Crippen LogP contribution in [0.4, 0.5) is 0 Å². The molecule has 1 aliphatic rings. The predicted molar refractivity (Wildman–Crippen MR) is 156 cm³/mol. The SMILES string of the molecule is CN[C@@H](Cc1ccc(-c2ncc(-c3ccc(OCCCCC(C)C)cc3)cn2)cc1)C(=O)N1CC[C@H](C(=O)O)C1. The Morgan fingerprint density at radius 3 is 2.27 bits per heavy atom. The van der Waals surface area contributed by atoms with Crippen molar-refractivity contribution in [3.05, 3.63) is 66.5 Å². The van der Waals surface area contributed by atoms with Gasteiger partial charge >= 0.3 is 5.97 Å². The van der Waals surface area contributed by atoms with Gasteiger partial charge in [-0.05, 0) is 61.9 Å². The maximum atomic E-state index is 12.9. The van der Waals surface area contributed by atoms with Crippen LogP contribution in [-0.4, -0.2) is 64.6 Å². The first-order chi connectivity index (χ1) is 19.3. The van der Waals surface area contributed by atoms with Crippen LogP contribution in [0.15, 0.2) is 60.9 Å². The van der Waals surface area contributed by atoms with Gasteiger partial charge in [-0.1, -0.05) is 56.7 Å². The van der Waals surface area contributed by atoms with E-state index >= 15 is 0 Å². The van der Waals surface area contributed by atoms with Crippen molar-refractivity contribution in [1.29, 1.82) is 0 Å². The first-order valence-electron chi connectivity index (χ1n) is 14.2. The number of ether oxygens (including phenoxy) is 1. The fourth-order valence-corrected chi connectivity index (χ4v) is 4.94. The van der Waals surface area contributed by atoms with Crippen molar-refractivity contribution < 1.29 is 19.4 Å². The molecule has 0 radical (unpaired) electrons. The number of aromatic nitrogens is 2. The third kappa shape index (κ3) is 7.88. The van der Waals surface area contributed by atoms with Crippen LogP contribution in [0.5, 0.6) is 5.75 Å². The summed E-state index contributed by atoms with van der Waals surface area (Å²) >= 11 is 0. The number of carbonyl (C=O) groups excluding carboxylic acids is 1. The Hall–Kier alpha value is -3.78. The Labute approximate surface area is 236 Å². The van der Waals surface area contributed by atoms with Gasteiger partial charge in [0.15, 0.2) is 5.82 Å². The molecular weight excluding hydrogens is 504 g/mol. The summed E-state index contributed by atoms with van der Waals surface area (Å²) in [4.78, 5) is 35.0. The number of likely N-dealkylation sites (N-methyl/N-ethyl adjacent to an activating group) is 1. The number of likely N-dealkylation sites (tertiary alicyclic amines) is 1. The third-order valence-electron chi connectivity index (χ3n) is 7.43. The molecule has 1 saturated heterocycles. The molecule has 8 heteroatoms. The summed E-state index contributed by atoms with van der Waals surface area (Å²) in [6.45, 7) is 5.98. The summed E-state index contributed by atoms with van der Waals surface area (Å²) in [7, 11) is 1.76. The van der Waals surface area contributed by atoms with E-state index in [1.54, 1.807) is 11.9 Å². The second-order valence-corrected chi connectivity index (χ2v) is 10.9. The zero-order valence-electron chi connectivity index (χ0n) is 23.7. The van der Waals surface area contributed by atoms with Crippen molar-refractivity contribution in [3.63, 3.8) is 0 Å². The number of nitrogens with zero attached hydrogens (tertiary/aromatic N) is 3. The van der Waals surface area contributed by atoms with Gasteiger partial charge in [0.05, 0.1) is 18.6 Å². The van der Waals surface area contributed by atoms with Gasteiger partial charge in [0.25, 0.3) is 0 Å². The second-order valence-electron chi connectivity index (χ2n) is 10.9. The van der Waals surface area contributed by atoms with Gasteiger partial charge in [-0.15, -0.1) is 0 Å². The van der Waals surface area contributed by atoms with Crippen LogP contribution in [0.3, 0.4) is 0 Å². The first kappa shape index (κ1) is 29.2. The van der Waals surface area contributed by atoms with Crippen molar-refractivity contribution in [3.8, 4) is 28.3 Å². The molecule has 3 aromatic rings. The van der Waals surface area contributed by atoms with Gasteiger partial charge in [-0.25, -0.2) is 9.97 Å². The molecule has 0 aliphatic carbocycles. The monoisotopic (exact) mass is 544 g/mol. The number of amides is 1. The standard InChI is InChI=1S/C32H40N4O4/c1-22(2)6-4-5-17-40-28-13-11-24(12-14-28)27-19-34-30(35-20-27)25-9-7-23(8-10-25)18-29(33-3)31(37)36-16-15-26(21-36)32(38)39/h7-14,19-20,22,26,29,33H,4-6,15-18,21H2,1-3H3,(H,38,39)/t26-,29-/m0/s1. The second kappa shape index (κ2) is 14.0. The zero-order valence-corrected chi connectivity index (χ0v) is 23.7. The zero-order chi connectivity index (χ0) is 28.5. The number of carbonyl (C=O) groups is 2. The van der Waals surface area contributed by atoms with Crippen LogP contribution in [0.1, 0.15) is 45.1 Å². The fourth-order valence-electron chi connectivity index (χ4n) is 4.94.